The summed E-state index contributed by atoms with van der Waals surface area (Å²) in [6, 6.07) is 7.17. The van der Waals surface area contributed by atoms with Crippen molar-refractivity contribution in [2.45, 2.75) is 32.9 Å². The molecule has 0 saturated heterocycles. The number of amides is 1. The number of aromatic nitrogens is 6. The summed E-state index contributed by atoms with van der Waals surface area (Å²) in [6.07, 6.45) is 5.90. The van der Waals surface area contributed by atoms with Gasteiger partial charge in [-0.1, -0.05) is 19.1 Å². The van der Waals surface area contributed by atoms with Crippen LogP contribution in [0.2, 0.25) is 0 Å². The minimum atomic E-state index is -0.145. The summed E-state index contributed by atoms with van der Waals surface area (Å²) >= 11 is 0. The van der Waals surface area contributed by atoms with E-state index in [4.69, 9.17) is 0 Å². The zero-order valence-electron chi connectivity index (χ0n) is 17.3. The minimum Gasteiger partial charge on any atom is -0.369 e. The summed E-state index contributed by atoms with van der Waals surface area (Å²) in [5.41, 5.74) is 1.22. The third-order valence-electron chi connectivity index (χ3n) is 4.93. The van der Waals surface area contributed by atoms with Crippen LogP contribution in [0.15, 0.2) is 47.9 Å². The van der Waals surface area contributed by atoms with Crippen LogP contribution in [0.4, 0.5) is 5.82 Å². The summed E-state index contributed by atoms with van der Waals surface area (Å²) in [6.45, 7) is 4.07. The highest BCUT2D eigenvalue weighted by molar-refractivity contribution is 5.86. The van der Waals surface area contributed by atoms with Crippen LogP contribution in [0, 0.1) is 0 Å². The maximum atomic E-state index is 12.5. The summed E-state index contributed by atoms with van der Waals surface area (Å²) < 4.78 is 3.21. The Hall–Kier alpha value is -3.82. The number of rotatable bonds is 9. The Bertz CT molecular complexity index is 1260. The zero-order valence-corrected chi connectivity index (χ0v) is 17.3. The predicted octanol–water partition coefficient (Wildman–Crippen LogP) is 1.56. The van der Waals surface area contributed by atoms with Crippen LogP contribution in [0.1, 0.15) is 19.8 Å². The molecule has 10 nitrogen and oxygen atoms in total. The first-order chi connectivity index (χ1) is 15.2. The first-order valence-corrected chi connectivity index (χ1v) is 10.3. The van der Waals surface area contributed by atoms with Gasteiger partial charge < -0.3 is 10.6 Å². The number of hydrogen-bond acceptors (Lipinski definition) is 7. The van der Waals surface area contributed by atoms with Crippen molar-refractivity contribution in [1.82, 2.24) is 34.6 Å². The zero-order chi connectivity index (χ0) is 21.6. The van der Waals surface area contributed by atoms with Crippen LogP contribution in [-0.4, -0.2) is 48.3 Å². The summed E-state index contributed by atoms with van der Waals surface area (Å²) in [5.74, 6) is 0.619. The Labute approximate surface area is 178 Å². The van der Waals surface area contributed by atoms with Gasteiger partial charge >= 0.3 is 0 Å². The highest BCUT2D eigenvalue weighted by Crippen LogP contribution is 2.18. The lowest BCUT2D eigenvalue weighted by Crippen LogP contribution is -2.30. The Balaban J connectivity index is 1.32. The van der Waals surface area contributed by atoms with Gasteiger partial charge in [-0.3, -0.25) is 14.2 Å². The summed E-state index contributed by atoms with van der Waals surface area (Å²) in [4.78, 5) is 37.6. The van der Waals surface area contributed by atoms with E-state index in [1.165, 1.54) is 17.2 Å². The lowest BCUT2D eigenvalue weighted by molar-refractivity contribution is -0.121. The quantitative estimate of drug-likeness (QED) is 0.422. The second kappa shape index (κ2) is 9.33. The topological polar surface area (TPSA) is 120 Å². The van der Waals surface area contributed by atoms with Crippen LogP contribution in [0.5, 0.6) is 0 Å². The van der Waals surface area contributed by atoms with Crippen molar-refractivity contribution >= 4 is 33.7 Å². The van der Waals surface area contributed by atoms with Gasteiger partial charge in [0.1, 0.15) is 12.1 Å². The normalized spacial score (nSPS) is 11.1. The van der Waals surface area contributed by atoms with E-state index in [1.54, 1.807) is 29.1 Å². The molecule has 0 spiro atoms. The van der Waals surface area contributed by atoms with Crippen LogP contribution in [-0.2, 0) is 17.9 Å². The molecule has 3 aromatic heterocycles. The third-order valence-corrected chi connectivity index (χ3v) is 4.93. The van der Waals surface area contributed by atoms with Crippen LogP contribution in [0.3, 0.4) is 0 Å². The standard InChI is InChI=1S/C21H24N8O2/c1-2-8-23-19-16-12-27-29(20(16)25-13-24-19)11-9-22-18(30)7-10-28-14-26-17-6-4-3-5-15(17)21(28)31/h3-6,12-14H,2,7-11H2,1H3,(H,22,30)(H,23,24,25). The molecule has 160 valence electrons. The van der Waals surface area contributed by atoms with Gasteiger partial charge in [-0.15, -0.1) is 0 Å². The lowest BCUT2D eigenvalue weighted by atomic mass is 10.2. The number of benzene rings is 1. The van der Waals surface area contributed by atoms with Crippen molar-refractivity contribution in [3.05, 3.63) is 53.5 Å². The minimum absolute atomic E-state index is 0.142. The first kappa shape index (κ1) is 20.5. The van der Waals surface area contributed by atoms with Gasteiger partial charge in [0.2, 0.25) is 5.91 Å². The molecule has 0 fully saturated rings. The van der Waals surface area contributed by atoms with Gasteiger partial charge in [0, 0.05) is 26.1 Å². The maximum Gasteiger partial charge on any atom is 0.261 e. The molecule has 0 unspecified atom stereocenters. The molecule has 0 aliphatic rings. The fourth-order valence-corrected chi connectivity index (χ4v) is 3.32. The smallest absolute Gasteiger partial charge is 0.261 e. The van der Waals surface area contributed by atoms with E-state index in [2.05, 4.69) is 37.6 Å². The molecule has 0 bridgehead atoms. The Morgan fingerprint density at radius 3 is 2.81 bits per heavy atom. The van der Waals surface area contributed by atoms with Gasteiger partial charge in [-0.25, -0.2) is 19.6 Å². The second-order valence-electron chi connectivity index (χ2n) is 7.11. The number of carbonyl (C=O) groups excluding carboxylic acids is 1. The van der Waals surface area contributed by atoms with Crippen LogP contribution in [0.25, 0.3) is 21.9 Å². The van der Waals surface area contributed by atoms with E-state index in [9.17, 15) is 9.59 Å². The molecule has 1 aromatic carbocycles. The third kappa shape index (κ3) is 4.52. The molecule has 4 aromatic rings. The van der Waals surface area contributed by atoms with Gasteiger partial charge in [0.05, 0.1) is 35.4 Å². The van der Waals surface area contributed by atoms with Crippen molar-refractivity contribution in [2.75, 3.05) is 18.4 Å². The molecular formula is C21H24N8O2. The Kier molecular flexibility index (Phi) is 6.16. The Morgan fingerprint density at radius 1 is 1.06 bits per heavy atom. The number of nitrogens with zero attached hydrogens (tertiary/aromatic N) is 6. The molecular weight excluding hydrogens is 396 g/mol. The maximum absolute atomic E-state index is 12.5. The van der Waals surface area contributed by atoms with E-state index in [0.717, 1.165) is 29.8 Å². The van der Waals surface area contributed by atoms with E-state index >= 15 is 0 Å². The summed E-state index contributed by atoms with van der Waals surface area (Å²) in [5, 5.41) is 11.9. The average Bonchev–Trinajstić information content (AvgIpc) is 3.21. The molecule has 10 heteroatoms. The fourth-order valence-electron chi connectivity index (χ4n) is 3.32. The fraction of sp³-hybridized carbons (Fsp3) is 0.333. The number of carbonyl (C=O) groups is 1. The molecule has 4 rings (SSSR count). The van der Waals surface area contributed by atoms with E-state index in [1.807, 2.05) is 6.07 Å². The first-order valence-electron chi connectivity index (χ1n) is 10.3. The largest absolute Gasteiger partial charge is 0.369 e. The number of fused-ring (bicyclic) bond motifs is 2. The van der Waals surface area contributed by atoms with Gasteiger partial charge in [-0.2, -0.15) is 5.10 Å². The molecule has 0 aliphatic heterocycles. The lowest BCUT2D eigenvalue weighted by Gasteiger charge is -2.08. The summed E-state index contributed by atoms with van der Waals surface area (Å²) in [7, 11) is 0. The molecule has 0 radical (unpaired) electrons. The Morgan fingerprint density at radius 2 is 1.94 bits per heavy atom. The highest BCUT2D eigenvalue weighted by atomic mass is 16.1. The van der Waals surface area contributed by atoms with Gasteiger partial charge in [0.15, 0.2) is 5.65 Å². The average molecular weight is 420 g/mol. The van der Waals surface area contributed by atoms with Crippen molar-refractivity contribution in [2.24, 2.45) is 0 Å². The van der Waals surface area contributed by atoms with E-state index < -0.39 is 0 Å². The van der Waals surface area contributed by atoms with Crippen molar-refractivity contribution in [3.8, 4) is 0 Å². The van der Waals surface area contributed by atoms with Crippen molar-refractivity contribution < 1.29 is 4.79 Å². The predicted molar refractivity (Wildman–Crippen MR) is 118 cm³/mol. The number of hydrogen-bond donors (Lipinski definition) is 2. The molecule has 2 N–H and O–H groups in total. The molecule has 1 amide bonds. The van der Waals surface area contributed by atoms with Crippen LogP contribution >= 0.6 is 0 Å². The molecule has 0 aliphatic carbocycles. The van der Waals surface area contributed by atoms with E-state index in [-0.39, 0.29) is 24.4 Å². The molecule has 3 heterocycles. The monoisotopic (exact) mass is 420 g/mol. The van der Waals surface area contributed by atoms with Gasteiger partial charge in [0.25, 0.3) is 5.56 Å². The van der Waals surface area contributed by atoms with Crippen molar-refractivity contribution in [3.63, 3.8) is 0 Å². The molecule has 0 saturated carbocycles. The van der Waals surface area contributed by atoms with Crippen molar-refractivity contribution in [1.29, 1.82) is 0 Å². The number of aryl methyl sites for hydroxylation is 1. The highest BCUT2D eigenvalue weighted by Gasteiger charge is 2.10. The SMILES string of the molecule is CCCNc1ncnc2c1cnn2CCNC(=O)CCn1cnc2ccccc2c1=O. The number of para-hydroxylation sites is 1. The molecule has 31 heavy (non-hydrogen) atoms. The van der Waals surface area contributed by atoms with Gasteiger partial charge in [-0.05, 0) is 18.6 Å². The second-order valence-corrected chi connectivity index (χ2v) is 7.11. The number of nitrogens with one attached hydrogen (secondary N) is 2. The number of anilines is 1. The van der Waals surface area contributed by atoms with Crippen LogP contribution < -0.4 is 16.2 Å². The van der Waals surface area contributed by atoms with E-state index in [0.29, 0.717) is 24.0 Å². The molecule has 0 atom stereocenters.